The Balaban J connectivity index is 1.84. The van der Waals surface area contributed by atoms with Crippen LogP contribution >= 0.6 is 27.3 Å². The Morgan fingerprint density at radius 1 is 1.53 bits per heavy atom. The van der Waals surface area contributed by atoms with Gasteiger partial charge >= 0.3 is 0 Å². The molecule has 1 saturated heterocycles. The maximum atomic E-state index is 5.51. The van der Waals surface area contributed by atoms with Crippen molar-refractivity contribution in [1.82, 2.24) is 15.5 Å². The van der Waals surface area contributed by atoms with Crippen LogP contribution in [0.3, 0.4) is 0 Å². The van der Waals surface area contributed by atoms with Crippen molar-refractivity contribution in [2.24, 2.45) is 0 Å². The van der Waals surface area contributed by atoms with Crippen LogP contribution < -0.4 is 5.32 Å². The highest BCUT2D eigenvalue weighted by Gasteiger charge is 2.30. The molecule has 102 valence electrons. The molecule has 0 bridgehead atoms. The number of rotatable bonds is 3. The molecule has 0 spiro atoms. The molecule has 2 aromatic heterocycles. The van der Waals surface area contributed by atoms with E-state index in [-0.39, 0.29) is 5.92 Å². The number of hydrogen-bond acceptors (Lipinski definition) is 6. The number of aromatic nitrogens is 2. The molecule has 3 rings (SSSR count). The van der Waals surface area contributed by atoms with E-state index in [1.54, 1.807) is 11.3 Å². The molecule has 0 amide bonds. The predicted octanol–water partition coefficient (Wildman–Crippen LogP) is 2.65. The molecule has 2 unspecified atom stereocenters. The largest absolute Gasteiger partial charge is 0.381 e. The standard InChI is InChI=1S/C12H14BrN3O2S/c1-14-9-2-3-17-5-8(9)12-15-11(16-18-12)10-4-7(13)6-19-10/h4,6,8-9,14H,2-3,5H2,1H3. The van der Waals surface area contributed by atoms with Crippen molar-refractivity contribution in [2.75, 3.05) is 20.3 Å². The highest BCUT2D eigenvalue weighted by atomic mass is 79.9. The van der Waals surface area contributed by atoms with Gasteiger partial charge in [0.15, 0.2) is 0 Å². The Kier molecular flexibility index (Phi) is 3.97. The van der Waals surface area contributed by atoms with Crippen molar-refractivity contribution in [2.45, 2.75) is 18.4 Å². The second kappa shape index (κ2) is 5.70. The summed E-state index contributed by atoms with van der Waals surface area (Å²) < 4.78 is 12.0. The Morgan fingerprint density at radius 3 is 3.16 bits per heavy atom. The van der Waals surface area contributed by atoms with Gasteiger partial charge in [-0.25, -0.2) is 0 Å². The molecule has 0 aliphatic carbocycles. The van der Waals surface area contributed by atoms with Gasteiger partial charge in [0.2, 0.25) is 11.7 Å². The molecule has 0 saturated carbocycles. The first-order valence-corrected chi connectivity index (χ1v) is 7.78. The lowest BCUT2D eigenvalue weighted by Crippen LogP contribution is -2.39. The Morgan fingerprint density at radius 2 is 2.42 bits per heavy atom. The van der Waals surface area contributed by atoms with Gasteiger partial charge < -0.3 is 14.6 Å². The average molecular weight is 344 g/mol. The van der Waals surface area contributed by atoms with Crippen LogP contribution in [0.2, 0.25) is 0 Å². The number of likely N-dealkylation sites (N-methyl/N-ethyl adjacent to an activating group) is 1. The minimum absolute atomic E-state index is 0.128. The fourth-order valence-electron chi connectivity index (χ4n) is 2.24. The summed E-state index contributed by atoms with van der Waals surface area (Å²) in [7, 11) is 1.96. The topological polar surface area (TPSA) is 60.2 Å². The van der Waals surface area contributed by atoms with Crippen molar-refractivity contribution in [1.29, 1.82) is 0 Å². The van der Waals surface area contributed by atoms with Crippen LogP contribution in [-0.4, -0.2) is 36.4 Å². The van der Waals surface area contributed by atoms with Crippen molar-refractivity contribution >= 4 is 27.3 Å². The van der Waals surface area contributed by atoms with Crippen molar-refractivity contribution in [3.63, 3.8) is 0 Å². The number of halogens is 1. The third kappa shape index (κ3) is 2.74. The monoisotopic (exact) mass is 343 g/mol. The van der Waals surface area contributed by atoms with Crippen LogP contribution in [0.5, 0.6) is 0 Å². The predicted molar refractivity (Wildman–Crippen MR) is 76.3 cm³/mol. The Bertz CT molecular complexity index is 557. The second-order valence-corrected chi connectivity index (χ2v) is 6.28. The molecule has 1 aliphatic rings. The molecule has 1 aliphatic heterocycles. The lowest BCUT2D eigenvalue weighted by Gasteiger charge is -2.28. The number of ether oxygens (including phenoxy) is 1. The molecule has 0 radical (unpaired) electrons. The lowest BCUT2D eigenvalue weighted by atomic mass is 9.96. The van der Waals surface area contributed by atoms with Gasteiger partial charge in [0.1, 0.15) is 0 Å². The number of thiophene rings is 1. The molecule has 19 heavy (non-hydrogen) atoms. The molecule has 2 aromatic rings. The quantitative estimate of drug-likeness (QED) is 0.928. The van der Waals surface area contributed by atoms with Crippen LogP contribution in [0.25, 0.3) is 10.7 Å². The van der Waals surface area contributed by atoms with E-state index < -0.39 is 0 Å². The van der Waals surface area contributed by atoms with Crippen molar-refractivity contribution < 1.29 is 9.26 Å². The molecule has 1 N–H and O–H groups in total. The zero-order valence-corrected chi connectivity index (χ0v) is 12.8. The SMILES string of the molecule is CNC1CCOCC1c1nc(-c2cc(Br)cs2)no1. The van der Waals surface area contributed by atoms with E-state index in [2.05, 4.69) is 31.4 Å². The molecular weight excluding hydrogens is 330 g/mol. The summed E-state index contributed by atoms with van der Waals surface area (Å²) in [6, 6.07) is 2.32. The number of nitrogens with one attached hydrogen (secondary N) is 1. The first-order valence-electron chi connectivity index (χ1n) is 6.11. The summed E-state index contributed by atoms with van der Waals surface area (Å²) in [4.78, 5) is 5.51. The van der Waals surface area contributed by atoms with Gasteiger partial charge in [0, 0.05) is 22.5 Å². The fraction of sp³-hybridized carbons (Fsp3) is 0.500. The van der Waals surface area contributed by atoms with Crippen molar-refractivity contribution in [3.05, 3.63) is 21.8 Å². The summed E-state index contributed by atoms with van der Waals surface area (Å²) in [6.45, 7) is 1.40. The summed E-state index contributed by atoms with van der Waals surface area (Å²) in [6.07, 6.45) is 0.962. The van der Waals surface area contributed by atoms with E-state index in [1.807, 2.05) is 18.5 Å². The van der Waals surface area contributed by atoms with E-state index in [0.29, 0.717) is 24.4 Å². The summed E-state index contributed by atoms with van der Waals surface area (Å²) in [5.41, 5.74) is 0. The molecule has 1 fully saturated rings. The minimum atomic E-state index is 0.128. The first-order chi connectivity index (χ1) is 9.28. The third-order valence-electron chi connectivity index (χ3n) is 3.27. The minimum Gasteiger partial charge on any atom is -0.381 e. The molecule has 3 heterocycles. The maximum absolute atomic E-state index is 5.51. The third-order valence-corrected chi connectivity index (χ3v) is 4.96. The number of nitrogens with zero attached hydrogens (tertiary/aromatic N) is 2. The zero-order chi connectivity index (χ0) is 13.2. The van der Waals surface area contributed by atoms with Crippen LogP contribution in [-0.2, 0) is 4.74 Å². The van der Waals surface area contributed by atoms with E-state index in [0.717, 1.165) is 22.4 Å². The summed E-state index contributed by atoms with van der Waals surface area (Å²) in [5, 5.41) is 9.36. The van der Waals surface area contributed by atoms with Crippen LogP contribution in [0.15, 0.2) is 20.4 Å². The van der Waals surface area contributed by atoms with Gasteiger partial charge in [-0.1, -0.05) is 5.16 Å². The van der Waals surface area contributed by atoms with Gasteiger partial charge in [-0.2, -0.15) is 4.98 Å². The fourth-order valence-corrected chi connectivity index (χ4v) is 3.59. The van der Waals surface area contributed by atoms with Gasteiger partial charge in [-0.15, -0.1) is 11.3 Å². The van der Waals surface area contributed by atoms with Crippen LogP contribution in [0.1, 0.15) is 18.2 Å². The van der Waals surface area contributed by atoms with E-state index in [1.165, 1.54) is 0 Å². The van der Waals surface area contributed by atoms with Crippen molar-refractivity contribution in [3.8, 4) is 10.7 Å². The van der Waals surface area contributed by atoms with Crippen LogP contribution in [0.4, 0.5) is 0 Å². The van der Waals surface area contributed by atoms with E-state index >= 15 is 0 Å². The normalized spacial score (nSPS) is 23.7. The maximum Gasteiger partial charge on any atom is 0.234 e. The molecule has 0 aromatic carbocycles. The van der Waals surface area contributed by atoms with E-state index in [9.17, 15) is 0 Å². The molecular formula is C12H14BrN3O2S. The lowest BCUT2D eigenvalue weighted by molar-refractivity contribution is 0.0516. The van der Waals surface area contributed by atoms with Gasteiger partial charge in [0.05, 0.1) is 17.4 Å². The highest BCUT2D eigenvalue weighted by Crippen LogP contribution is 2.30. The van der Waals surface area contributed by atoms with Crippen LogP contribution in [0, 0.1) is 0 Å². The smallest absolute Gasteiger partial charge is 0.234 e. The first kappa shape index (κ1) is 13.2. The molecule has 7 heteroatoms. The Labute approximate surface area is 123 Å². The van der Waals surface area contributed by atoms with Gasteiger partial charge in [-0.3, -0.25) is 0 Å². The molecule has 5 nitrogen and oxygen atoms in total. The zero-order valence-electron chi connectivity index (χ0n) is 10.4. The van der Waals surface area contributed by atoms with Gasteiger partial charge in [0.25, 0.3) is 0 Å². The number of hydrogen-bond donors (Lipinski definition) is 1. The Hall–Kier alpha value is -0.760. The second-order valence-electron chi connectivity index (χ2n) is 4.45. The average Bonchev–Trinajstić information content (AvgIpc) is 3.07. The summed E-state index contributed by atoms with van der Waals surface area (Å²) >= 11 is 5.02. The summed E-state index contributed by atoms with van der Waals surface area (Å²) in [5.74, 6) is 1.42. The van der Waals surface area contributed by atoms with Gasteiger partial charge in [-0.05, 0) is 35.5 Å². The molecule has 2 atom stereocenters. The highest BCUT2D eigenvalue weighted by molar-refractivity contribution is 9.10. The van der Waals surface area contributed by atoms with E-state index in [4.69, 9.17) is 9.26 Å².